The van der Waals surface area contributed by atoms with Crippen LogP contribution in [0.25, 0.3) is 0 Å². The van der Waals surface area contributed by atoms with Gasteiger partial charge >= 0.3 is 0 Å². The highest BCUT2D eigenvalue weighted by Gasteiger charge is 2.25. The van der Waals surface area contributed by atoms with Crippen LogP contribution in [0.2, 0.25) is 0 Å². The molecular weight excluding hydrogens is 267 g/mol. The van der Waals surface area contributed by atoms with Crippen LogP contribution in [0.4, 0.5) is 22.0 Å². The van der Waals surface area contributed by atoms with E-state index in [2.05, 4.69) is 10.6 Å². The van der Waals surface area contributed by atoms with Gasteiger partial charge in [0, 0.05) is 24.7 Å². The third-order valence-electron chi connectivity index (χ3n) is 2.63. The quantitative estimate of drug-likeness (QED) is 0.476. The fourth-order valence-corrected chi connectivity index (χ4v) is 1.51. The Balaban J connectivity index is 2.84. The Labute approximate surface area is 108 Å². The minimum absolute atomic E-state index is 0.171. The van der Waals surface area contributed by atoms with E-state index in [1.807, 2.05) is 6.92 Å². The molecule has 1 aromatic rings. The van der Waals surface area contributed by atoms with E-state index in [1.54, 1.807) is 6.92 Å². The van der Waals surface area contributed by atoms with Crippen LogP contribution in [0.1, 0.15) is 19.4 Å². The first-order chi connectivity index (χ1) is 8.90. The third kappa shape index (κ3) is 3.63. The van der Waals surface area contributed by atoms with Crippen molar-refractivity contribution in [2.24, 2.45) is 0 Å². The summed E-state index contributed by atoms with van der Waals surface area (Å²) < 4.78 is 65.3. The standard InChI is InChI=1S/C12H15F5N2/c1-3-18-4-6(2)19-5-7-8(13)10(15)12(17)11(16)9(7)14/h6,18-19H,3-5H2,1-2H3. The fourth-order valence-electron chi connectivity index (χ4n) is 1.51. The molecule has 0 heterocycles. The first-order valence-corrected chi connectivity index (χ1v) is 5.84. The second-order valence-electron chi connectivity index (χ2n) is 4.14. The van der Waals surface area contributed by atoms with Gasteiger partial charge in [-0.15, -0.1) is 0 Å². The second-order valence-corrected chi connectivity index (χ2v) is 4.14. The number of likely N-dealkylation sites (N-methyl/N-ethyl adjacent to an activating group) is 1. The SMILES string of the molecule is CCNCC(C)NCc1c(F)c(F)c(F)c(F)c1F. The summed E-state index contributed by atoms with van der Waals surface area (Å²) in [7, 11) is 0. The highest BCUT2D eigenvalue weighted by atomic mass is 19.2. The van der Waals surface area contributed by atoms with Crippen LogP contribution in [0.5, 0.6) is 0 Å². The maximum Gasteiger partial charge on any atom is 0.200 e. The summed E-state index contributed by atoms with van der Waals surface area (Å²) in [4.78, 5) is 0. The van der Waals surface area contributed by atoms with Crippen molar-refractivity contribution in [3.63, 3.8) is 0 Å². The lowest BCUT2D eigenvalue weighted by molar-refractivity contribution is 0.364. The summed E-state index contributed by atoms with van der Waals surface area (Å²) in [6.07, 6.45) is 0. The van der Waals surface area contributed by atoms with E-state index in [9.17, 15) is 22.0 Å². The summed E-state index contributed by atoms with van der Waals surface area (Å²) in [5.41, 5.74) is -0.847. The number of nitrogens with one attached hydrogen (secondary N) is 2. The Hall–Kier alpha value is -1.21. The van der Waals surface area contributed by atoms with Crippen LogP contribution >= 0.6 is 0 Å². The van der Waals surface area contributed by atoms with Crippen molar-refractivity contribution in [1.29, 1.82) is 0 Å². The lowest BCUT2D eigenvalue weighted by Gasteiger charge is -2.15. The van der Waals surface area contributed by atoms with Crippen LogP contribution in [0.15, 0.2) is 0 Å². The smallest absolute Gasteiger partial charge is 0.200 e. The van der Waals surface area contributed by atoms with Gasteiger partial charge in [0.05, 0.1) is 0 Å². The first kappa shape index (κ1) is 15.8. The molecular formula is C12H15F5N2. The molecule has 0 spiro atoms. The van der Waals surface area contributed by atoms with E-state index in [-0.39, 0.29) is 6.04 Å². The van der Waals surface area contributed by atoms with E-state index in [0.717, 1.165) is 0 Å². The predicted molar refractivity (Wildman–Crippen MR) is 61.1 cm³/mol. The van der Waals surface area contributed by atoms with Gasteiger partial charge in [0.1, 0.15) is 0 Å². The van der Waals surface area contributed by atoms with Gasteiger partial charge in [0.2, 0.25) is 5.82 Å². The zero-order valence-electron chi connectivity index (χ0n) is 10.6. The topological polar surface area (TPSA) is 24.1 Å². The minimum atomic E-state index is -2.14. The monoisotopic (exact) mass is 282 g/mol. The largest absolute Gasteiger partial charge is 0.315 e. The maximum absolute atomic E-state index is 13.3. The molecule has 2 N–H and O–H groups in total. The Bertz CT molecular complexity index is 421. The zero-order valence-corrected chi connectivity index (χ0v) is 10.6. The van der Waals surface area contributed by atoms with Gasteiger partial charge in [-0.05, 0) is 13.5 Å². The predicted octanol–water partition coefficient (Wildman–Crippen LogP) is 2.47. The number of halogens is 5. The summed E-state index contributed by atoms with van der Waals surface area (Å²) in [5, 5.41) is 5.68. The lowest BCUT2D eigenvalue weighted by Crippen LogP contribution is -2.36. The highest BCUT2D eigenvalue weighted by molar-refractivity contribution is 5.24. The van der Waals surface area contributed by atoms with Gasteiger partial charge in [-0.25, -0.2) is 22.0 Å². The number of rotatable bonds is 6. The van der Waals surface area contributed by atoms with Crippen LogP contribution in [0, 0.1) is 29.1 Å². The van der Waals surface area contributed by atoms with E-state index in [1.165, 1.54) is 0 Å². The highest BCUT2D eigenvalue weighted by Crippen LogP contribution is 2.22. The van der Waals surface area contributed by atoms with Gasteiger partial charge in [-0.1, -0.05) is 6.92 Å². The summed E-state index contributed by atoms with van der Waals surface area (Å²) in [5.74, 6) is -9.57. The molecule has 0 aliphatic rings. The average molecular weight is 282 g/mol. The normalized spacial score (nSPS) is 12.8. The molecule has 0 aliphatic heterocycles. The molecule has 0 bridgehead atoms. The molecule has 0 fully saturated rings. The van der Waals surface area contributed by atoms with Crippen molar-refractivity contribution >= 4 is 0 Å². The Morgan fingerprint density at radius 2 is 1.37 bits per heavy atom. The van der Waals surface area contributed by atoms with Crippen LogP contribution in [-0.4, -0.2) is 19.1 Å². The molecule has 1 unspecified atom stereocenters. The molecule has 108 valence electrons. The molecule has 19 heavy (non-hydrogen) atoms. The van der Waals surface area contributed by atoms with E-state index in [0.29, 0.717) is 13.1 Å². The molecule has 0 aromatic heterocycles. The van der Waals surface area contributed by atoms with E-state index >= 15 is 0 Å². The van der Waals surface area contributed by atoms with Crippen molar-refractivity contribution in [3.05, 3.63) is 34.6 Å². The van der Waals surface area contributed by atoms with Gasteiger partial charge < -0.3 is 10.6 Å². The van der Waals surface area contributed by atoms with Gasteiger partial charge in [-0.3, -0.25) is 0 Å². The van der Waals surface area contributed by atoms with Gasteiger partial charge in [0.15, 0.2) is 23.3 Å². The molecule has 1 rings (SSSR count). The molecule has 0 saturated heterocycles. The van der Waals surface area contributed by atoms with Crippen molar-refractivity contribution in [1.82, 2.24) is 10.6 Å². The van der Waals surface area contributed by atoms with Crippen molar-refractivity contribution in [3.8, 4) is 0 Å². The summed E-state index contributed by atoms with van der Waals surface area (Å²) in [6.45, 7) is 4.42. The summed E-state index contributed by atoms with van der Waals surface area (Å²) in [6, 6.07) is -0.171. The number of hydrogen-bond acceptors (Lipinski definition) is 2. The van der Waals surface area contributed by atoms with Crippen LogP contribution in [-0.2, 0) is 6.54 Å². The fraction of sp³-hybridized carbons (Fsp3) is 0.500. The molecule has 2 nitrogen and oxygen atoms in total. The molecule has 0 radical (unpaired) electrons. The Kier molecular flexibility index (Phi) is 5.68. The van der Waals surface area contributed by atoms with E-state index < -0.39 is 41.2 Å². The molecule has 0 aliphatic carbocycles. The van der Waals surface area contributed by atoms with Crippen LogP contribution < -0.4 is 10.6 Å². The van der Waals surface area contributed by atoms with Crippen molar-refractivity contribution in [2.45, 2.75) is 26.4 Å². The van der Waals surface area contributed by atoms with Gasteiger partial charge in [0.25, 0.3) is 0 Å². The average Bonchev–Trinajstić information content (AvgIpc) is 2.40. The summed E-state index contributed by atoms with van der Waals surface area (Å²) >= 11 is 0. The Morgan fingerprint density at radius 1 is 0.895 bits per heavy atom. The number of hydrogen-bond donors (Lipinski definition) is 2. The number of benzene rings is 1. The molecule has 1 aromatic carbocycles. The van der Waals surface area contributed by atoms with E-state index in [4.69, 9.17) is 0 Å². The maximum atomic E-state index is 13.3. The third-order valence-corrected chi connectivity index (χ3v) is 2.63. The van der Waals surface area contributed by atoms with Gasteiger partial charge in [-0.2, -0.15) is 0 Å². The first-order valence-electron chi connectivity index (χ1n) is 5.84. The molecule has 0 saturated carbocycles. The molecule has 0 amide bonds. The van der Waals surface area contributed by atoms with Crippen LogP contribution in [0.3, 0.4) is 0 Å². The minimum Gasteiger partial charge on any atom is -0.315 e. The molecule has 1 atom stereocenters. The Morgan fingerprint density at radius 3 is 1.84 bits per heavy atom. The second kappa shape index (κ2) is 6.81. The van der Waals surface area contributed by atoms with Crippen molar-refractivity contribution in [2.75, 3.05) is 13.1 Å². The molecule has 7 heteroatoms. The lowest BCUT2D eigenvalue weighted by atomic mass is 10.1. The zero-order chi connectivity index (χ0) is 14.6. The van der Waals surface area contributed by atoms with Crippen molar-refractivity contribution < 1.29 is 22.0 Å².